The summed E-state index contributed by atoms with van der Waals surface area (Å²) in [5.41, 5.74) is 3.30. The number of ether oxygens (including phenoxy) is 1. The fraction of sp³-hybridized carbons (Fsp3) is 0.391. The molecule has 0 radical (unpaired) electrons. The third-order valence-corrected chi connectivity index (χ3v) is 4.90. The van der Waals surface area contributed by atoms with Gasteiger partial charge in [-0.05, 0) is 61.6 Å². The van der Waals surface area contributed by atoms with Gasteiger partial charge in [0, 0.05) is 24.3 Å². The zero-order chi connectivity index (χ0) is 20.1. The Bertz CT molecular complexity index is 861. The molecule has 1 aliphatic heterocycles. The highest BCUT2D eigenvalue weighted by atomic mass is 16.5. The molecule has 0 fully saturated rings. The Morgan fingerprint density at radius 3 is 2.71 bits per heavy atom. The van der Waals surface area contributed by atoms with Crippen LogP contribution < -0.4 is 15.0 Å². The molecule has 0 aliphatic carbocycles. The molecule has 0 saturated carbocycles. The van der Waals surface area contributed by atoms with Crippen molar-refractivity contribution in [1.29, 1.82) is 0 Å². The molecule has 5 heteroatoms. The molecule has 3 rings (SSSR count). The number of rotatable bonds is 7. The van der Waals surface area contributed by atoms with Crippen LogP contribution in [0.25, 0.3) is 0 Å². The van der Waals surface area contributed by atoms with Crippen LogP contribution in [-0.2, 0) is 11.2 Å². The molecule has 2 aromatic carbocycles. The summed E-state index contributed by atoms with van der Waals surface area (Å²) in [4.78, 5) is 27.0. The molecule has 1 N–H and O–H groups in total. The Labute approximate surface area is 166 Å². The number of hydrogen-bond acceptors (Lipinski definition) is 3. The van der Waals surface area contributed by atoms with Crippen molar-refractivity contribution in [3.8, 4) is 5.75 Å². The van der Waals surface area contributed by atoms with E-state index < -0.39 is 0 Å². The first-order valence-corrected chi connectivity index (χ1v) is 9.96. The Balaban J connectivity index is 1.78. The number of anilines is 2. The lowest BCUT2D eigenvalue weighted by Gasteiger charge is -2.30. The topological polar surface area (TPSA) is 58.6 Å². The van der Waals surface area contributed by atoms with E-state index in [0.717, 1.165) is 29.9 Å². The number of amides is 2. The van der Waals surface area contributed by atoms with Gasteiger partial charge in [-0.15, -0.1) is 0 Å². The number of hydrogen-bond donors (Lipinski definition) is 1. The minimum absolute atomic E-state index is 0.176. The lowest BCUT2D eigenvalue weighted by Crippen LogP contribution is -2.36. The van der Waals surface area contributed by atoms with Crippen molar-refractivity contribution in [3.05, 3.63) is 53.6 Å². The molecule has 0 bridgehead atoms. The maximum Gasteiger partial charge on any atom is 0.259 e. The van der Waals surface area contributed by atoms with Crippen LogP contribution in [0.15, 0.2) is 42.5 Å². The van der Waals surface area contributed by atoms with Crippen LogP contribution in [0.5, 0.6) is 5.75 Å². The Morgan fingerprint density at radius 1 is 1.18 bits per heavy atom. The molecule has 5 nitrogen and oxygen atoms in total. The second-order valence-electron chi connectivity index (χ2n) is 7.45. The summed E-state index contributed by atoms with van der Waals surface area (Å²) in [5, 5.41) is 2.96. The number of fused-ring (bicyclic) bond motifs is 1. The Hall–Kier alpha value is -2.82. The standard InChI is InChI=1S/C23H28N2O3/c1-4-28-21-8-6-5-7-19(21)23(27)24-18-10-11-20-17(15-18)9-12-22(26)25(20)14-13-16(2)3/h5-8,10-11,15-16H,4,9,12-14H2,1-3H3,(H,24,27). The van der Waals surface area contributed by atoms with Crippen LogP contribution in [0.1, 0.15) is 49.5 Å². The highest BCUT2D eigenvalue weighted by Crippen LogP contribution is 2.31. The molecule has 2 amide bonds. The lowest BCUT2D eigenvalue weighted by atomic mass is 9.99. The van der Waals surface area contributed by atoms with Crippen LogP contribution in [0.3, 0.4) is 0 Å². The highest BCUT2D eigenvalue weighted by molar-refractivity contribution is 6.06. The fourth-order valence-electron chi connectivity index (χ4n) is 3.40. The monoisotopic (exact) mass is 380 g/mol. The zero-order valence-corrected chi connectivity index (χ0v) is 16.8. The summed E-state index contributed by atoms with van der Waals surface area (Å²) < 4.78 is 5.55. The number of carbonyl (C=O) groups is 2. The first kappa shape index (κ1) is 19.9. The second kappa shape index (κ2) is 8.91. The van der Waals surface area contributed by atoms with Gasteiger partial charge < -0.3 is 15.0 Å². The number of carbonyl (C=O) groups excluding carboxylic acids is 2. The van der Waals surface area contributed by atoms with Crippen molar-refractivity contribution in [2.24, 2.45) is 5.92 Å². The number of aryl methyl sites for hydroxylation is 1. The predicted molar refractivity (Wildman–Crippen MR) is 112 cm³/mol. The molecule has 0 unspecified atom stereocenters. The van der Waals surface area contributed by atoms with Gasteiger partial charge in [-0.3, -0.25) is 9.59 Å². The van der Waals surface area contributed by atoms with Crippen LogP contribution >= 0.6 is 0 Å². The van der Waals surface area contributed by atoms with Crippen molar-refractivity contribution in [2.75, 3.05) is 23.4 Å². The van der Waals surface area contributed by atoms with E-state index in [0.29, 0.717) is 36.7 Å². The number of benzene rings is 2. The van der Waals surface area contributed by atoms with E-state index >= 15 is 0 Å². The molecule has 148 valence electrons. The van der Waals surface area contributed by atoms with E-state index in [4.69, 9.17) is 4.74 Å². The van der Waals surface area contributed by atoms with Gasteiger partial charge in [-0.25, -0.2) is 0 Å². The van der Waals surface area contributed by atoms with Gasteiger partial charge in [0.1, 0.15) is 5.75 Å². The normalized spacial score (nSPS) is 13.4. The summed E-state index contributed by atoms with van der Waals surface area (Å²) >= 11 is 0. The minimum Gasteiger partial charge on any atom is -0.493 e. The molecular weight excluding hydrogens is 352 g/mol. The first-order chi connectivity index (χ1) is 13.5. The van der Waals surface area contributed by atoms with Gasteiger partial charge in [0.05, 0.1) is 12.2 Å². The summed E-state index contributed by atoms with van der Waals surface area (Å²) in [6, 6.07) is 13.0. The van der Waals surface area contributed by atoms with Crippen LogP contribution in [-0.4, -0.2) is 25.0 Å². The van der Waals surface area contributed by atoms with E-state index in [-0.39, 0.29) is 11.8 Å². The second-order valence-corrected chi connectivity index (χ2v) is 7.45. The molecule has 2 aromatic rings. The molecule has 28 heavy (non-hydrogen) atoms. The van der Waals surface area contributed by atoms with Crippen LogP contribution in [0, 0.1) is 5.92 Å². The van der Waals surface area contributed by atoms with E-state index in [1.807, 2.05) is 42.2 Å². The summed E-state index contributed by atoms with van der Waals surface area (Å²) in [5.74, 6) is 1.09. The third kappa shape index (κ3) is 4.53. The zero-order valence-electron chi connectivity index (χ0n) is 16.8. The molecule has 0 aromatic heterocycles. The van der Waals surface area contributed by atoms with E-state index in [1.165, 1.54) is 0 Å². The number of nitrogens with one attached hydrogen (secondary N) is 1. The van der Waals surface area contributed by atoms with Gasteiger partial charge in [0.25, 0.3) is 5.91 Å². The van der Waals surface area contributed by atoms with Crippen molar-refractivity contribution in [3.63, 3.8) is 0 Å². The largest absolute Gasteiger partial charge is 0.493 e. The lowest BCUT2D eigenvalue weighted by molar-refractivity contribution is -0.118. The predicted octanol–water partition coefficient (Wildman–Crippen LogP) is 4.66. The summed E-state index contributed by atoms with van der Waals surface area (Å²) in [6.45, 7) is 7.45. The van der Waals surface area contributed by atoms with Crippen molar-refractivity contribution in [1.82, 2.24) is 0 Å². The molecular formula is C23H28N2O3. The Morgan fingerprint density at radius 2 is 1.96 bits per heavy atom. The smallest absolute Gasteiger partial charge is 0.259 e. The maximum absolute atomic E-state index is 12.7. The van der Waals surface area contributed by atoms with Gasteiger partial charge in [-0.1, -0.05) is 26.0 Å². The van der Waals surface area contributed by atoms with Crippen LogP contribution in [0.4, 0.5) is 11.4 Å². The van der Waals surface area contributed by atoms with Gasteiger partial charge in [-0.2, -0.15) is 0 Å². The van der Waals surface area contributed by atoms with E-state index in [1.54, 1.807) is 12.1 Å². The summed E-state index contributed by atoms with van der Waals surface area (Å²) in [6.07, 6.45) is 2.18. The molecule has 0 saturated heterocycles. The summed E-state index contributed by atoms with van der Waals surface area (Å²) in [7, 11) is 0. The van der Waals surface area contributed by atoms with Crippen LogP contribution in [0.2, 0.25) is 0 Å². The van der Waals surface area contributed by atoms with Crippen molar-refractivity contribution in [2.45, 2.75) is 40.0 Å². The number of nitrogens with zero attached hydrogens (tertiary/aromatic N) is 1. The molecule has 1 aliphatic rings. The van der Waals surface area contributed by atoms with E-state index in [9.17, 15) is 9.59 Å². The van der Waals surface area contributed by atoms with Gasteiger partial charge in [0.15, 0.2) is 0 Å². The Kier molecular flexibility index (Phi) is 6.34. The van der Waals surface area contributed by atoms with Gasteiger partial charge in [0.2, 0.25) is 5.91 Å². The maximum atomic E-state index is 12.7. The van der Waals surface area contributed by atoms with Crippen molar-refractivity contribution < 1.29 is 14.3 Å². The molecule has 0 spiro atoms. The first-order valence-electron chi connectivity index (χ1n) is 9.96. The average Bonchev–Trinajstić information content (AvgIpc) is 2.67. The average molecular weight is 380 g/mol. The highest BCUT2D eigenvalue weighted by Gasteiger charge is 2.24. The van der Waals surface area contributed by atoms with Crippen molar-refractivity contribution >= 4 is 23.2 Å². The quantitative estimate of drug-likeness (QED) is 0.760. The fourth-order valence-corrected chi connectivity index (χ4v) is 3.40. The van der Waals surface area contributed by atoms with Gasteiger partial charge >= 0.3 is 0 Å². The molecule has 1 heterocycles. The minimum atomic E-state index is -0.201. The SMILES string of the molecule is CCOc1ccccc1C(=O)Nc1ccc2c(c1)CCC(=O)N2CCC(C)C. The number of para-hydroxylation sites is 1. The third-order valence-electron chi connectivity index (χ3n) is 4.90. The molecule has 0 atom stereocenters. The van der Waals surface area contributed by atoms with E-state index in [2.05, 4.69) is 19.2 Å².